The molecule has 1 aromatic carbocycles. The molecule has 0 unspecified atom stereocenters. The Labute approximate surface area is 163 Å². The molecule has 1 fully saturated rings. The maximum atomic E-state index is 5.18. The van der Waals surface area contributed by atoms with E-state index in [0.29, 0.717) is 23.2 Å². The standard InChI is InChI=1S/C15H17N7O.CH4S.2H2O.H2/c1-23-12-4-2-11(3-5-12)22-14-13(20-21-22)9-17-15(19-14)18-10-6-7-16-8-10;1-2;;;/h2-5,9-10,16H,6-8H2,1H3,(H,17,18,19);2H,1H3;2*1H2;1H/t10-;;;;/m1..../s1. The van der Waals surface area contributed by atoms with E-state index in [0.717, 1.165) is 30.9 Å². The fraction of sp³-hybridized carbons (Fsp3) is 0.375. The molecule has 0 aliphatic carbocycles. The first-order valence-electron chi connectivity index (χ1n) is 7.98. The number of nitrogens with zero attached hydrogens (tertiary/aromatic N) is 5. The van der Waals surface area contributed by atoms with Crippen molar-refractivity contribution in [2.24, 2.45) is 0 Å². The average molecular weight is 398 g/mol. The first-order chi connectivity index (χ1) is 12.3. The minimum atomic E-state index is 0. The van der Waals surface area contributed by atoms with Gasteiger partial charge in [0.05, 0.1) is 19.0 Å². The molecule has 11 heteroatoms. The van der Waals surface area contributed by atoms with Crippen molar-refractivity contribution >= 4 is 29.7 Å². The van der Waals surface area contributed by atoms with Gasteiger partial charge in [-0.3, -0.25) is 0 Å². The molecule has 1 aliphatic heterocycles. The molecule has 3 aromatic rings. The van der Waals surface area contributed by atoms with Crippen LogP contribution in [0.5, 0.6) is 5.75 Å². The zero-order chi connectivity index (χ0) is 17.6. The number of anilines is 1. The Morgan fingerprint density at radius 3 is 2.63 bits per heavy atom. The van der Waals surface area contributed by atoms with Gasteiger partial charge in [-0.1, -0.05) is 5.21 Å². The van der Waals surface area contributed by atoms with Crippen LogP contribution in [0, 0.1) is 0 Å². The third kappa shape index (κ3) is 5.04. The Morgan fingerprint density at radius 2 is 2.00 bits per heavy atom. The smallest absolute Gasteiger partial charge is 0.225 e. The molecule has 2 aromatic heterocycles. The van der Waals surface area contributed by atoms with Crippen LogP contribution in [0.3, 0.4) is 0 Å². The third-order valence-corrected chi connectivity index (χ3v) is 3.90. The van der Waals surface area contributed by atoms with E-state index < -0.39 is 0 Å². The minimum absolute atomic E-state index is 0. The Balaban J connectivity index is 0.00000141. The topological polar surface area (TPSA) is 153 Å². The number of aromatic nitrogens is 5. The highest BCUT2D eigenvalue weighted by Crippen LogP contribution is 2.18. The molecule has 4 rings (SSSR count). The third-order valence-electron chi connectivity index (χ3n) is 3.90. The Hall–Kier alpha value is -2.47. The molecule has 3 heterocycles. The summed E-state index contributed by atoms with van der Waals surface area (Å²) in [5.41, 5.74) is 2.22. The van der Waals surface area contributed by atoms with Gasteiger partial charge in [0.1, 0.15) is 5.75 Å². The van der Waals surface area contributed by atoms with Crippen LogP contribution in [-0.4, -0.2) is 68.4 Å². The van der Waals surface area contributed by atoms with Crippen LogP contribution in [0.2, 0.25) is 0 Å². The molecule has 1 saturated heterocycles. The van der Waals surface area contributed by atoms with E-state index in [4.69, 9.17) is 4.74 Å². The molecule has 0 spiro atoms. The lowest BCUT2D eigenvalue weighted by Crippen LogP contribution is -2.23. The van der Waals surface area contributed by atoms with E-state index in [1.165, 1.54) is 0 Å². The summed E-state index contributed by atoms with van der Waals surface area (Å²) < 4.78 is 6.88. The normalized spacial score (nSPS) is 15.1. The Morgan fingerprint density at radius 1 is 1.26 bits per heavy atom. The van der Waals surface area contributed by atoms with E-state index in [9.17, 15) is 0 Å². The molecule has 0 bridgehead atoms. The van der Waals surface area contributed by atoms with E-state index >= 15 is 0 Å². The number of hydrogen-bond donors (Lipinski definition) is 3. The number of rotatable bonds is 4. The van der Waals surface area contributed by atoms with Gasteiger partial charge in [0, 0.05) is 14.0 Å². The SMILES string of the molecule is COc1ccc(-n2nnc3cnc(N[C@@H]4CCNC4)nc32)cc1.CS.O.O.[HH]. The van der Waals surface area contributed by atoms with Gasteiger partial charge >= 0.3 is 0 Å². The summed E-state index contributed by atoms with van der Waals surface area (Å²) in [5, 5.41) is 15.0. The number of thiol groups is 1. The number of hydrogen-bond acceptors (Lipinski definition) is 8. The summed E-state index contributed by atoms with van der Waals surface area (Å²) in [6.07, 6.45) is 4.46. The van der Waals surface area contributed by atoms with Crippen LogP contribution in [-0.2, 0) is 0 Å². The molecule has 0 radical (unpaired) electrons. The summed E-state index contributed by atoms with van der Waals surface area (Å²) in [6.45, 7) is 1.95. The number of benzene rings is 1. The van der Waals surface area contributed by atoms with Crippen molar-refractivity contribution < 1.29 is 17.1 Å². The van der Waals surface area contributed by atoms with Crippen molar-refractivity contribution in [3.05, 3.63) is 30.5 Å². The highest BCUT2D eigenvalue weighted by molar-refractivity contribution is 7.79. The molecule has 27 heavy (non-hydrogen) atoms. The first kappa shape index (κ1) is 22.6. The van der Waals surface area contributed by atoms with Crippen LogP contribution in [0.25, 0.3) is 16.9 Å². The number of nitrogens with one attached hydrogen (secondary N) is 2. The predicted octanol–water partition coefficient (Wildman–Crippen LogP) is 0.135. The Bertz CT molecular complexity index is 829. The van der Waals surface area contributed by atoms with Crippen LogP contribution in [0.15, 0.2) is 30.5 Å². The van der Waals surface area contributed by atoms with Gasteiger partial charge in [-0.2, -0.15) is 22.3 Å². The number of ether oxygens (including phenoxy) is 1. The fourth-order valence-electron chi connectivity index (χ4n) is 2.66. The lowest BCUT2D eigenvalue weighted by Gasteiger charge is -2.10. The van der Waals surface area contributed by atoms with Gasteiger partial charge in [-0.25, -0.2) is 4.98 Å². The summed E-state index contributed by atoms with van der Waals surface area (Å²) in [6, 6.07) is 7.96. The maximum Gasteiger partial charge on any atom is 0.225 e. The zero-order valence-electron chi connectivity index (χ0n) is 15.2. The lowest BCUT2D eigenvalue weighted by atomic mass is 10.3. The second kappa shape index (κ2) is 10.6. The van der Waals surface area contributed by atoms with Gasteiger partial charge in [-0.05, 0) is 43.5 Å². The van der Waals surface area contributed by atoms with Gasteiger partial charge < -0.3 is 26.3 Å². The van der Waals surface area contributed by atoms with E-state index in [2.05, 4.69) is 43.5 Å². The first-order valence-corrected chi connectivity index (χ1v) is 8.88. The Kier molecular flexibility index (Phi) is 8.88. The quantitative estimate of drug-likeness (QED) is 0.529. The van der Waals surface area contributed by atoms with Crippen molar-refractivity contribution in [3.63, 3.8) is 0 Å². The number of fused-ring (bicyclic) bond motifs is 1. The molecule has 1 aliphatic rings. The van der Waals surface area contributed by atoms with Gasteiger partial charge in [-0.15, -0.1) is 5.10 Å². The van der Waals surface area contributed by atoms with E-state index in [-0.39, 0.29) is 12.4 Å². The zero-order valence-corrected chi connectivity index (χ0v) is 16.1. The van der Waals surface area contributed by atoms with Crippen molar-refractivity contribution in [1.29, 1.82) is 0 Å². The van der Waals surface area contributed by atoms with Gasteiger partial charge in [0.25, 0.3) is 0 Å². The molecule has 6 N–H and O–H groups in total. The van der Waals surface area contributed by atoms with Crippen LogP contribution in [0.1, 0.15) is 7.85 Å². The van der Waals surface area contributed by atoms with Crippen molar-refractivity contribution in [2.75, 3.05) is 31.8 Å². The maximum absolute atomic E-state index is 5.18. The van der Waals surface area contributed by atoms with Crippen LogP contribution >= 0.6 is 12.6 Å². The highest BCUT2D eigenvalue weighted by atomic mass is 32.1. The highest BCUT2D eigenvalue weighted by Gasteiger charge is 2.16. The van der Waals surface area contributed by atoms with Crippen LogP contribution in [0.4, 0.5) is 5.95 Å². The van der Waals surface area contributed by atoms with Gasteiger partial charge in [0.2, 0.25) is 5.95 Å². The minimum Gasteiger partial charge on any atom is -0.497 e. The predicted molar refractivity (Wildman–Crippen MR) is 110 cm³/mol. The molecule has 10 nitrogen and oxygen atoms in total. The number of methoxy groups -OCH3 is 1. The molecule has 1 atom stereocenters. The lowest BCUT2D eigenvalue weighted by molar-refractivity contribution is 0.414. The molecule has 150 valence electrons. The van der Waals surface area contributed by atoms with Crippen molar-refractivity contribution in [1.82, 2.24) is 30.3 Å². The van der Waals surface area contributed by atoms with Crippen LogP contribution < -0.4 is 15.4 Å². The van der Waals surface area contributed by atoms with Crippen molar-refractivity contribution in [2.45, 2.75) is 12.5 Å². The molecular weight excluding hydrogens is 370 g/mol. The van der Waals surface area contributed by atoms with Crippen molar-refractivity contribution in [3.8, 4) is 11.4 Å². The largest absolute Gasteiger partial charge is 0.497 e. The fourth-order valence-corrected chi connectivity index (χ4v) is 2.66. The summed E-state index contributed by atoms with van der Waals surface area (Å²) >= 11 is 3.53. The summed E-state index contributed by atoms with van der Waals surface area (Å²) in [7, 11) is 1.64. The second-order valence-electron chi connectivity index (χ2n) is 5.44. The van der Waals surface area contributed by atoms with E-state index in [1.807, 2.05) is 24.3 Å². The summed E-state index contributed by atoms with van der Waals surface area (Å²) in [4.78, 5) is 8.89. The monoisotopic (exact) mass is 397 g/mol. The molecule has 0 saturated carbocycles. The van der Waals surface area contributed by atoms with E-state index in [1.54, 1.807) is 24.2 Å². The summed E-state index contributed by atoms with van der Waals surface area (Å²) in [5.74, 6) is 1.40. The molecular formula is C16H27N7O3S. The average Bonchev–Trinajstić information content (AvgIpc) is 3.33. The second-order valence-corrected chi connectivity index (χ2v) is 5.44. The molecule has 0 amide bonds. The van der Waals surface area contributed by atoms with Gasteiger partial charge in [0.15, 0.2) is 11.2 Å².